The summed E-state index contributed by atoms with van der Waals surface area (Å²) in [5, 5.41) is 0. The van der Waals surface area contributed by atoms with Crippen molar-refractivity contribution < 1.29 is 0 Å². The lowest BCUT2D eigenvalue weighted by molar-refractivity contribution is 1.14. The average molecular weight is 227 g/mol. The summed E-state index contributed by atoms with van der Waals surface area (Å²) in [6, 6.07) is 6.50. The Morgan fingerprint density at radius 1 is 1.24 bits per heavy atom. The highest BCUT2D eigenvalue weighted by atomic mass is 14.7. The summed E-state index contributed by atoms with van der Waals surface area (Å²) in [7, 11) is 0. The van der Waals surface area contributed by atoms with E-state index in [1.54, 1.807) is 0 Å². The highest BCUT2D eigenvalue weighted by molar-refractivity contribution is 5.99. The molecule has 0 aliphatic heterocycles. The van der Waals surface area contributed by atoms with Crippen LogP contribution in [0.25, 0.3) is 6.08 Å². The molecule has 0 aromatic heterocycles. The first-order valence-electron chi connectivity index (χ1n) is 6.01. The second-order valence-corrected chi connectivity index (χ2v) is 4.44. The zero-order chi connectivity index (χ0) is 12.8. The number of benzene rings is 1. The minimum Gasteiger partial charge on any atom is -0.261 e. The maximum Gasteiger partial charge on any atom is 0.0445 e. The Bertz CT molecular complexity index is 460. The van der Waals surface area contributed by atoms with Crippen molar-refractivity contribution >= 4 is 11.8 Å². The van der Waals surface area contributed by atoms with E-state index >= 15 is 0 Å². The van der Waals surface area contributed by atoms with Crippen LogP contribution in [-0.4, -0.2) is 5.71 Å². The average Bonchev–Trinajstić information content (AvgIpc) is 2.34. The molecule has 1 aromatic carbocycles. The second-order valence-electron chi connectivity index (χ2n) is 4.44. The van der Waals surface area contributed by atoms with Gasteiger partial charge in [-0.2, -0.15) is 0 Å². The van der Waals surface area contributed by atoms with Gasteiger partial charge in [-0.15, -0.1) is 0 Å². The molecule has 0 heterocycles. The summed E-state index contributed by atoms with van der Waals surface area (Å²) in [6.07, 6.45) is 4.82. The van der Waals surface area contributed by atoms with Gasteiger partial charge in [0, 0.05) is 11.9 Å². The molecule has 0 saturated heterocycles. The van der Waals surface area contributed by atoms with Crippen LogP contribution in [0.1, 0.15) is 44.4 Å². The van der Waals surface area contributed by atoms with Crippen LogP contribution in [0.4, 0.5) is 0 Å². The third kappa shape index (κ3) is 4.03. The molecule has 1 heteroatoms. The SMILES string of the molecule is C=Cc1cc(CC)cc(/C(C)=N/C=C(C)C)c1. The monoisotopic (exact) mass is 227 g/mol. The van der Waals surface area contributed by atoms with Gasteiger partial charge in [0.15, 0.2) is 0 Å². The molecular weight excluding hydrogens is 206 g/mol. The molecule has 90 valence electrons. The Labute approximate surface area is 105 Å². The van der Waals surface area contributed by atoms with Crippen LogP contribution >= 0.6 is 0 Å². The van der Waals surface area contributed by atoms with Crippen molar-refractivity contribution in [2.24, 2.45) is 4.99 Å². The van der Waals surface area contributed by atoms with Crippen LogP contribution < -0.4 is 0 Å². The first-order chi connectivity index (χ1) is 8.06. The van der Waals surface area contributed by atoms with E-state index in [2.05, 4.69) is 50.5 Å². The molecule has 17 heavy (non-hydrogen) atoms. The Morgan fingerprint density at radius 2 is 1.94 bits per heavy atom. The zero-order valence-electron chi connectivity index (χ0n) is 11.2. The highest BCUT2D eigenvalue weighted by Crippen LogP contribution is 2.13. The van der Waals surface area contributed by atoms with Gasteiger partial charge in [-0.05, 0) is 56.0 Å². The standard InChI is InChI=1S/C16H21N/c1-6-14-8-15(7-2)10-16(9-14)13(5)17-11-12(3)4/h6,8-11H,1,7H2,2-5H3/b17-13+. The lowest BCUT2D eigenvalue weighted by Gasteiger charge is -2.06. The summed E-state index contributed by atoms with van der Waals surface area (Å²) in [4.78, 5) is 4.47. The topological polar surface area (TPSA) is 12.4 Å². The lowest BCUT2D eigenvalue weighted by Crippen LogP contribution is -1.96. The van der Waals surface area contributed by atoms with Crippen molar-refractivity contribution in [2.75, 3.05) is 0 Å². The zero-order valence-corrected chi connectivity index (χ0v) is 11.2. The van der Waals surface area contributed by atoms with E-state index in [4.69, 9.17) is 0 Å². The van der Waals surface area contributed by atoms with Gasteiger partial charge in [0.05, 0.1) is 0 Å². The van der Waals surface area contributed by atoms with Gasteiger partial charge in [0.25, 0.3) is 0 Å². The number of aryl methyl sites for hydroxylation is 1. The third-order valence-corrected chi connectivity index (χ3v) is 2.59. The summed E-state index contributed by atoms with van der Waals surface area (Å²) in [5.74, 6) is 0. The highest BCUT2D eigenvalue weighted by Gasteiger charge is 2.00. The molecule has 0 radical (unpaired) electrons. The molecule has 0 aliphatic carbocycles. The lowest BCUT2D eigenvalue weighted by atomic mass is 10.0. The predicted molar refractivity (Wildman–Crippen MR) is 77.6 cm³/mol. The van der Waals surface area contributed by atoms with Gasteiger partial charge < -0.3 is 0 Å². The minimum absolute atomic E-state index is 1.03. The van der Waals surface area contributed by atoms with Crippen LogP contribution in [-0.2, 0) is 6.42 Å². The Balaban J connectivity index is 3.16. The van der Waals surface area contributed by atoms with Crippen LogP contribution in [0.2, 0.25) is 0 Å². The molecule has 0 amide bonds. The molecule has 1 rings (SSSR count). The van der Waals surface area contributed by atoms with Gasteiger partial charge in [0.1, 0.15) is 0 Å². The van der Waals surface area contributed by atoms with E-state index < -0.39 is 0 Å². The number of hydrogen-bond donors (Lipinski definition) is 0. The summed E-state index contributed by atoms with van der Waals surface area (Å²) in [5.41, 5.74) is 5.91. The molecule has 0 atom stereocenters. The number of aliphatic imine (C=N–C) groups is 1. The summed E-state index contributed by atoms with van der Waals surface area (Å²) >= 11 is 0. The number of hydrogen-bond acceptors (Lipinski definition) is 1. The van der Waals surface area contributed by atoms with E-state index in [1.807, 2.05) is 19.2 Å². The number of nitrogens with zero attached hydrogens (tertiary/aromatic N) is 1. The van der Waals surface area contributed by atoms with E-state index in [1.165, 1.54) is 16.7 Å². The van der Waals surface area contributed by atoms with Crippen LogP contribution in [0.3, 0.4) is 0 Å². The van der Waals surface area contributed by atoms with Crippen molar-refractivity contribution in [3.63, 3.8) is 0 Å². The fourth-order valence-electron chi connectivity index (χ4n) is 1.55. The normalized spacial score (nSPS) is 11.2. The number of allylic oxidation sites excluding steroid dienone is 1. The maximum absolute atomic E-state index is 4.47. The molecule has 0 fully saturated rings. The fraction of sp³-hybridized carbons (Fsp3) is 0.312. The molecule has 0 spiro atoms. The van der Waals surface area contributed by atoms with Gasteiger partial charge >= 0.3 is 0 Å². The first-order valence-corrected chi connectivity index (χ1v) is 6.01. The molecule has 0 N–H and O–H groups in total. The number of rotatable bonds is 4. The van der Waals surface area contributed by atoms with Gasteiger partial charge in [0.2, 0.25) is 0 Å². The third-order valence-electron chi connectivity index (χ3n) is 2.59. The van der Waals surface area contributed by atoms with E-state index in [9.17, 15) is 0 Å². The molecule has 0 bridgehead atoms. The fourth-order valence-corrected chi connectivity index (χ4v) is 1.55. The van der Waals surface area contributed by atoms with E-state index in [0.29, 0.717) is 0 Å². The quantitative estimate of drug-likeness (QED) is 0.665. The Kier molecular flexibility index (Phi) is 4.89. The predicted octanol–water partition coefficient (Wildman–Crippen LogP) is 4.62. The van der Waals surface area contributed by atoms with E-state index in [-0.39, 0.29) is 0 Å². The van der Waals surface area contributed by atoms with Crippen LogP contribution in [0.15, 0.2) is 41.5 Å². The van der Waals surface area contributed by atoms with Crippen LogP contribution in [0, 0.1) is 0 Å². The molecular formula is C16H21N. The maximum atomic E-state index is 4.47. The smallest absolute Gasteiger partial charge is 0.0445 e. The van der Waals surface area contributed by atoms with Crippen molar-refractivity contribution in [2.45, 2.75) is 34.1 Å². The molecule has 1 nitrogen and oxygen atoms in total. The van der Waals surface area contributed by atoms with Crippen molar-refractivity contribution in [3.05, 3.63) is 53.2 Å². The molecule has 0 aliphatic rings. The molecule has 0 saturated carbocycles. The summed E-state index contributed by atoms with van der Waals surface area (Å²) < 4.78 is 0. The van der Waals surface area contributed by atoms with Crippen molar-refractivity contribution in [3.8, 4) is 0 Å². The molecule has 0 unspecified atom stereocenters. The van der Waals surface area contributed by atoms with Crippen molar-refractivity contribution in [1.82, 2.24) is 0 Å². The largest absolute Gasteiger partial charge is 0.261 e. The van der Waals surface area contributed by atoms with E-state index in [0.717, 1.165) is 17.7 Å². The summed E-state index contributed by atoms with van der Waals surface area (Å²) in [6.45, 7) is 12.1. The van der Waals surface area contributed by atoms with Gasteiger partial charge in [-0.3, -0.25) is 4.99 Å². The first kappa shape index (κ1) is 13.4. The van der Waals surface area contributed by atoms with Crippen LogP contribution in [0.5, 0.6) is 0 Å². The van der Waals surface area contributed by atoms with Gasteiger partial charge in [-0.1, -0.05) is 31.2 Å². The second kappa shape index (κ2) is 6.19. The molecule has 1 aromatic rings. The van der Waals surface area contributed by atoms with Gasteiger partial charge in [-0.25, -0.2) is 0 Å². The Hall–Kier alpha value is -1.63. The minimum atomic E-state index is 1.03. The van der Waals surface area contributed by atoms with Crippen molar-refractivity contribution in [1.29, 1.82) is 0 Å². The Morgan fingerprint density at radius 3 is 2.47 bits per heavy atom.